The molecule has 0 aliphatic carbocycles. The van der Waals surface area contributed by atoms with Gasteiger partial charge in [-0.05, 0) is 52.9 Å². The average molecular weight is 315 g/mol. The lowest BCUT2D eigenvalue weighted by Gasteiger charge is -2.12. The van der Waals surface area contributed by atoms with E-state index in [1.54, 1.807) is 0 Å². The van der Waals surface area contributed by atoms with Gasteiger partial charge in [0.05, 0.1) is 5.38 Å². The van der Waals surface area contributed by atoms with Gasteiger partial charge in [-0.3, -0.25) is 0 Å². The van der Waals surface area contributed by atoms with Crippen molar-refractivity contribution in [2.75, 3.05) is 0 Å². The Morgan fingerprint density at radius 3 is 2.43 bits per heavy atom. The summed E-state index contributed by atoms with van der Waals surface area (Å²) in [5.74, 6) is 0. The molecule has 0 N–H and O–H groups in total. The molecule has 0 spiro atoms. The zero-order chi connectivity index (χ0) is 14.8. The molecular weight excluding hydrogens is 299 g/mol. The van der Waals surface area contributed by atoms with Crippen molar-refractivity contribution < 1.29 is 0 Å². The van der Waals surface area contributed by atoms with Crippen molar-refractivity contribution in [2.24, 2.45) is 0 Å². The molecule has 2 heteroatoms. The summed E-state index contributed by atoms with van der Waals surface area (Å²) >= 11 is 12.7. The minimum Gasteiger partial charge on any atom is -0.117 e. The van der Waals surface area contributed by atoms with Crippen LogP contribution in [0.25, 0.3) is 10.8 Å². The van der Waals surface area contributed by atoms with E-state index < -0.39 is 0 Å². The van der Waals surface area contributed by atoms with E-state index in [2.05, 4.69) is 48.5 Å². The van der Waals surface area contributed by atoms with Crippen LogP contribution in [-0.2, 0) is 6.42 Å². The van der Waals surface area contributed by atoms with Crippen LogP contribution in [0.4, 0.5) is 0 Å². The Hall–Kier alpha value is -1.50. The number of hydrogen-bond acceptors (Lipinski definition) is 0. The Morgan fingerprint density at radius 2 is 1.67 bits per heavy atom. The highest BCUT2D eigenvalue weighted by molar-refractivity contribution is 6.31. The highest BCUT2D eigenvalue weighted by Crippen LogP contribution is 2.29. The summed E-state index contributed by atoms with van der Waals surface area (Å²) in [6, 6.07) is 20.9. The molecule has 0 nitrogen and oxygen atoms in total. The Labute approximate surface area is 135 Å². The topological polar surface area (TPSA) is 0 Å². The molecule has 0 saturated heterocycles. The highest BCUT2D eigenvalue weighted by Gasteiger charge is 2.10. The van der Waals surface area contributed by atoms with Gasteiger partial charge < -0.3 is 0 Å². The third kappa shape index (κ3) is 3.40. The first kappa shape index (κ1) is 14.4. The number of aryl methyl sites for hydroxylation is 1. The van der Waals surface area contributed by atoms with Crippen LogP contribution in [0, 0.1) is 6.92 Å². The molecule has 0 aliphatic heterocycles. The maximum atomic E-state index is 6.58. The number of benzene rings is 3. The van der Waals surface area contributed by atoms with Crippen LogP contribution < -0.4 is 0 Å². The molecule has 0 bridgehead atoms. The Bertz CT molecular complexity index is 757. The molecule has 0 saturated carbocycles. The molecule has 0 amide bonds. The van der Waals surface area contributed by atoms with Crippen LogP contribution >= 0.6 is 23.2 Å². The van der Waals surface area contributed by atoms with Crippen LogP contribution in [0.3, 0.4) is 0 Å². The molecule has 1 atom stereocenters. The third-order valence-electron chi connectivity index (χ3n) is 3.65. The van der Waals surface area contributed by atoms with Gasteiger partial charge in [-0.2, -0.15) is 0 Å². The maximum Gasteiger partial charge on any atom is 0.0626 e. The highest BCUT2D eigenvalue weighted by atomic mass is 35.5. The Morgan fingerprint density at radius 1 is 0.905 bits per heavy atom. The van der Waals surface area contributed by atoms with Crippen molar-refractivity contribution in [1.82, 2.24) is 0 Å². The lowest BCUT2D eigenvalue weighted by Crippen LogP contribution is -1.96. The summed E-state index contributed by atoms with van der Waals surface area (Å²) in [6.07, 6.45) is 0.798. The van der Waals surface area contributed by atoms with E-state index in [-0.39, 0.29) is 5.38 Å². The number of hydrogen-bond donors (Lipinski definition) is 0. The van der Waals surface area contributed by atoms with Gasteiger partial charge in [0.1, 0.15) is 0 Å². The summed E-state index contributed by atoms with van der Waals surface area (Å²) in [5, 5.41) is 3.19. The van der Waals surface area contributed by atoms with Gasteiger partial charge >= 0.3 is 0 Å². The predicted molar refractivity (Wildman–Crippen MR) is 92.4 cm³/mol. The van der Waals surface area contributed by atoms with Gasteiger partial charge in [-0.15, -0.1) is 11.6 Å². The predicted octanol–water partition coefficient (Wildman–Crippen LogP) is 6.32. The molecule has 3 rings (SSSR count). The number of halogens is 2. The molecule has 0 radical (unpaired) electrons. The Kier molecular flexibility index (Phi) is 4.19. The first-order valence-electron chi connectivity index (χ1n) is 7.01. The fraction of sp³-hybridized carbons (Fsp3) is 0.158. The fourth-order valence-electron chi connectivity index (χ4n) is 2.64. The fourth-order valence-corrected chi connectivity index (χ4v) is 3.24. The smallest absolute Gasteiger partial charge is 0.0626 e. The van der Waals surface area contributed by atoms with E-state index >= 15 is 0 Å². The Balaban J connectivity index is 1.86. The van der Waals surface area contributed by atoms with Crippen molar-refractivity contribution in [2.45, 2.75) is 18.7 Å². The lowest BCUT2D eigenvalue weighted by molar-refractivity contribution is 0.920. The van der Waals surface area contributed by atoms with Gasteiger partial charge in [0.2, 0.25) is 0 Å². The number of rotatable bonds is 3. The first-order chi connectivity index (χ1) is 10.1. The van der Waals surface area contributed by atoms with Crippen molar-refractivity contribution in [3.8, 4) is 0 Å². The zero-order valence-corrected chi connectivity index (χ0v) is 13.3. The van der Waals surface area contributed by atoms with E-state index in [0.717, 1.165) is 22.6 Å². The SMILES string of the molecule is Cc1cc(Cl)cc(C(Cl)Cc2ccc3ccccc3c2)c1. The third-order valence-corrected chi connectivity index (χ3v) is 4.28. The molecule has 0 aliphatic rings. The largest absolute Gasteiger partial charge is 0.117 e. The van der Waals surface area contributed by atoms with Crippen LogP contribution in [0.5, 0.6) is 0 Å². The number of alkyl halides is 1. The van der Waals surface area contributed by atoms with Gasteiger partial charge in [0.25, 0.3) is 0 Å². The summed E-state index contributed by atoms with van der Waals surface area (Å²) in [6.45, 7) is 2.04. The van der Waals surface area contributed by atoms with Crippen LogP contribution in [0.1, 0.15) is 22.1 Å². The summed E-state index contributed by atoms with van der Waals surface area (Å²) in [4.78, 5) is 0. The van der Waals surface area contributed by atoms with Crippen molar-refractivity contribution in [1.29, 1.82) is 0 Å². The van der Waals surface area contributed by atoms with E-state index in [1.807, 2.05) is 19.1 Å². The van der Waals surface area contributed by atoms with Crippen molar-refractivity contribution in [3.63, 3.8) is 0 Å². The lowest BCUT2D eigenvalue weighted by atomic mass is 10.00. The van der Waals surface area contributed by atoms with Gasteiger partial charge in [0.15, 0.2) is 0 Å². The maximum absolute atomic E-state index is 6.58. The molecule has 0 fully saturated rings. The van der Waals surface area contributed by atoms with Crippen LogP contribution in [0.2, 0.25) is 5.02 Å². The second-order valence-corrected chi connectivity index (χ2v) is 6.38. The molecule has 0 heterocycles. The second kappa shape index (κ2) is 6.09. The van der Waals surface area contributed by atoms with Gasteiger partial charge in [-0.1, -0.05) is 60.1 Å². The van der Waals surface area contributed by atoms with Crippen molar-refractivity contribution >= 4 is 34.0 Å². The van der Waals surface area contributed by atoms with Gasteiger partial charge in [0, 0.05) is 5.02 Å². The molecule has 3 aromatic carbocycles. The molecule has 1 unspecified atom stereocenters. The van der Waals surface area contributed by atoms with E-state index in [9.17, 15) is 0 Å². The van der Waals surface area contributed by atoms with Crippen molar-refractivity contribution in [3.05, 3.63) is 82.4 Å². The quantitative estimate of drug-likeness (QED) is 0.496. The summed E-state index contributed by atoms with van der Waals surface area (Å²) < 4.78 is 0. The molecule has 3 aromatic rings. The molecular formula is C19H16Cl2. The second-order valence-electron chi connectivity index (χ2n) is 5.42. The monoisotopic (exact) mass is 314 g/mol. The van der Waals surface area contributed by atoms with Crippen LogP contribution in [0.15, 0.2) is 60.7 Å². The zero-order valence-electron chi connectivity index (χ0n) is 11.8. The average Bonchev–Trinajstić information content (AvgIpc) is 2.46. The van der Waals surface area contributed by atoms with E-state index in [0.29, 0.717) is 0 Å². The standard InChI is InChI=1S/C19H16Cl2/c1-13-8-17(12-18(20)9-13)19(21)11-14-6-7-15-4-2-3-5-16(15)10-14/h2-10,12,19H,11H2,1H3. The molecule has 0 aromatic heterocycles. The molecule has 106 valence electrons. The van der Waals surface area contributed by atoms with Crippen LogP contribution in [-0.4, -0.2) is 0 Å². The normalized spacial score (nSPS) is 12.5. The minimum absolute atomic E-state index is 0.0661. The minimum atomic E-state index is -0.0661. The first-order valence-corrected chi connectivity index (χ1v) is 7.82. The summed E-state index contributed by atoms with van der Waals surface area (Å²) in [5.41, 5.74) is 3.46. The summed E-state index contributed by atoms with van der Waals surface area (Å²) in [7, 11) is 0. The van der Waals surface area contributed by atoms with E-state index in [1.165, 1.54) is 16.3 Å². The van der Waals surface area contributed by atoms with E-state index in [4.69, 9.17) is 23.2 Å². The van der Waals surface area contributed by atoms with Gasteiger partial charge in [-0.25, -0.2) is 0 Å². The number of fused-ring (bicyclic) bond motifs is 1. The molecule has 21 heavy (non-hydrogen) atoms.